The van der Waals surface area contributed by atoms with Crippen molar-refractivity contribution in [2.24, 2.45) is 0 Å². The molecule has 0 aromatic rings. The second kappa shape index (κ2) is 7.10. The lowest BCUT2D eigenvalue weighted by molar-refractivity contribution is -0.909. The summed E-state index contributed by atoms with van der Waals surface area (Å²) >= 11 is 3.48. The molecular formula is C11H19BrN+. The number of nitrogens with zero attached hydrogens (tertiary/aromatic N) is 1. The van der Waals surface area contributed by atoms with Gasteiger partial charge < -0.3 is 4.48 Å². The molecule has 0 N–H and O–H groups in total. The molecule has 0 aliphatic carbocycles. The number of hydrogen-bond acceptors (Lipinski definition) is 0. The quantitative estimate of drug-likeness (QED) is 0.350. The molecule has 0 amide bonds. The van der Waals surface area contributed by atoms with Crippen molar-refractivity contribution in [1.82, 2.24) is 0 Å². The van der Waals surface area contributed by atoms with Crippen LogP contribution in [0.2, 0.25) is 0 Å². The summed E-state index contributed by atoms with van der Waals surface area (Å²) in [7, 11) is 0. The predicted octanol–water partition coefficient (Wildman–Crippen LogP) is 2.76. The average molecular weight is 245 g/mol. The molecule has 0 aliphatic heterocycles. The summed E-state index contributed by atoms with van der Waals surface area (Å²) in [6, 6.07) is 0. The highest BCUT2D eigenvalue weighted by Gasteiger charge is 2.21. The minimum Gasteiger partial charge on any atom is -0.313 e. The Morgan fingerprint density at radius 2 is 1.31 bits per heavy atom. The third-order valence-corrected chi connectivity index (χ3v) is 2.46. The average Bonchev–Trinajstić information content (AvgIpc) is 2.06. The van der Waals surface area contributed by atoms with E-state index in [2.05, 4.69) is 35.7 Å². The normalized spacial score (nSPS) is 10.8. The van der Waals surface area contributed by atoms with Gasteiger partial charge in [-0.1, -0.05) is 35.7 Å². The fraction of sp³-hybridized carbons (Fsp3) is 0.455. The van der Waals surface area contributed by atoms with Gasteiger partial charge >= 0.3 is 0 Å². The molecule has 0 fully saturated rings. The van der Waals surface area contributed by atoms with Crippen LogP contribution in [0.4, 0.5) is 0 Å². The fourth-order valence-electron chi connectivity index (χ4n) is 1.50. The van der Waals surface area contributed by atoms with Crippen LogP contribution in [-0.2, 0) is 0 Å². The Bertz CT molecular complexity index is 148. The molecule has 0 unspecified atom stereocenters. The molecule has 74 valence electrons. The van der Waals surface area contributed by atoms with Gasteiger partial charge in [-0.15, -0.1) is 0 Å². The molecule has 0 aliphatic rings. The fourth-order valence-corrected chi connectivity index (χ4v) is 2.25. The molecule has 0 bridgehead atoms. The predicted molar refractivity (Wildman–Crippen MR) is 64.1 cm³/mol. The van der Waals surface area contributed by atoms with Crippen molar-refractivity contribution in [3.63, 3.8) is 0 Å². The highest BCUT2D eigenvalue weighted by molar-refractivity contribution is 9.09. The maximum absolute atomic E-state index is 3.79. The van der Waals surface area contributed by atoms with Crippen molar-refractivity contribution in [1.29, 1.82) is 0 Å². The molecule has 0 saturated carbocycles. The molecule has 1 nitrogen and oxygen atoms in total. The summed E-state index contributed by atoms with van der Waals surface area (Å²) in [5, 5.41) is 1.00. The highest BCUT2D eigenvalue weighted by Crippen LogP contribution is 2.08. The maximum Gasteiger partial charge on any atom is 0.0976 e. The van der Waals surface area contributed by atoms with E-state index in [9.17, 15) is 0 Å². The van der Waals surface area contributed by atoms with Crippen molar-refractivity contribution in [3.05, 3.63) is 38.0 Å². The van der Waals surface area contributed by atoms with Gasteiger partial charge in [-0.25, -0.2) is 0 Å². The first-order valence-electron chi connectivity index (χ1n) is 4.48. The van der Waals surface area contributed by atoms with Crippen LogP contribution < -0.4 is 0 Å². The third kappa shape index (κ3) is 4.44. The van der Waals surface area contributed by atoms with Crippen LogP contribution in [0.25, 0.3) is 0 Å². The van der Waals surface area contributed by atoms with Gasteiger partial charge in [0.1, 0.15) is 0 Å². The van der Waals surface area contributed by atoms with Crippen molar-refractivity contribution in [2.45, 2.75) is 0 Å². The van der Waals surface area contributed by atoms with Crippen LogP contribution in [0.3, 0.4) is 0 Å². The lowest BCUT2D eigenvalue weighted by atomic mass is 10.3. The zero-order valence-electron chi connectivity index (χ0n) is 8.21. The lowest BCUT2D eigenvalue weighted by Crippen LogP contribution is -2.49. The second-order valence-electron chi connectivity index (χ2n) is 3.17. The molecule has 0 radical (unpaired) electrons. The Labute approximate surface area is 90.2 Å². The standard InChI is InChI=1S/C11H19BrN/c1-4-8-13(9-5-2,10-6-3)11-7-12/h4-6H,1-3,7-11H2/q+1. The van der Waals surface area contributed by atoms with Crippen LogP contribution in [0.1, 0.15) is 0 Å². The monoisotopic (exact) mass is 244 g/mol. The van der Waals surface area contributed by atoms with E-state index in [1.54, 1.807) is 0 Å². The Hall–Kier alpha value is -0.340. The number of halogens is 1. The molecule has 0 aromatic heterocycles. The third-order valence-electron chi connectivity index (χ3n) is 2.11. The zero-order chi connectivity index (χ0) is 10.2. The van der Waals surface area contributed by atoms with E-state index >= 15 is 0 Å². The summed E-state index contributed by atoms with van der Waals surface area (Å²) in [6.45, 7) is 15.4. The van der Waals surface area contributed by atoms with E-state index in [0.29, 0.717) is 0 Å². The Kier molecular flexibility index (Phi) is 6.92. The Morgan fingerprint density at radius 3 is 1.54 bits per heavy atom. The highest BCUT2D eigenvalue weighted by atomic mass is 79.9. The first kappa shape index (κ1) is 12.7. The second-order valence-corrected chi connectivity index (χ2v) is 3.96. The Balaban J connectivity index is 4.44. The van der Waals surface area contributed by atoms with Crippen LogP contribution in [0, 0.1) is 0 Å². The van der Waals surface area contributed by atoms with Gasteiger partial charge in [0.25, 0.3) is 0 Å². The van der Waals surface area contributed by atoms with E-state index in [0.717, 1.165) is 36.0 Å². The van der Waals surface area contributed by atoms with Gasteiger partial charge in [-0.2, -0.15) is 0 Å². The van der Waals surface area contributed by atoms with Gasteiger partial charge in [0.15, 0.2) is 0 Å². The van der Waals surface area contributed by atoms with Gasteiger partial charge in [-0.3, -0.25) is 0 Å². The first-order chi connectivity index (χ1) is 6.24. The zero-order valence-corrected chi connectivity index (χ0v) is 9.80. The van der Waals surface area contributed by atoms with E-state index in [-0.39, 0.29) is 0 Å². The first-order valence-corrected chi connectivity index (χ1v) is 5.60. The van der Waals surface area contributed by atoms with Gasteiger partial charge in [-0.05, 0) is 18.2 Å². The van der Waals surface area contributed by atoms with Gasteiger partial charge in [0.2, 0.25) is 0 Å². The molecular weight excluding hydrogens is 226 g/mol. The molecule has 0 atom stereocenters. The summed E-state index contributed by atoms with van der Waals surface area (Å²) in [5.41, 5.74) is 0. The molecule has 0 heterocycles. The van der Waals surface area contributed by atoms with Crippen molar-refractivity contribution in [3.8, 4) is 0 Å². The van der Waals surface area contributed by atoms with Crippen molar-refractivity contribution < 1.29 is 4.48 Å². The molecule has 0 spiro atoms. The lowest BCUT2D eigenvalue weighted by Gasteiger charge is -2.35. The van der Waals surface area contributed by atoms with E-state index in [4.69, 9.17) is 0 Å². The molecule has 0 aromatic carbocycles. The van der Waals surface area contributed by atoms with Crippen LogP contribution in [0.5, 0.6) is 0 Å². The number of hydrogen-bond donors (Lipinski definition) is 0. The summed E-state index contributed by atoms with van der Waals surface area (Å²) in [6.07, 6.45) is 5.90. The molecule has 2 heteroatoms. The number of rotatable bonds is 8. The molecule has 13 heavy (non-hydrogen) atoms. The number of alkyl halides is 1. The van der Waals surface area contributed by atoms with Crippen molar-refractivity contribution >= 4 is 15.9 Å². The van der Waals surface area contributed by atoms with Crippen molar-refractivity contribution in [2.75, 3.05) is 31.5 Å². The van der Waals surface area contributed by atoms with E-state index in [1.165, 1.54) is 0 Å². The Morgan fingerprint density at radius 1 is 0.923 bits per heavy atom. The van der Waals surface area contributed by atoms with Gasteiger partial charge in [0, 0.05) is 0 Å². The van der Waals surface area contributed by atoms with Crippen LogP contribution in [0.15, 0.2) is 38.0 Å². The summed E-state index contributed by atoms with van der Waals surface area (Å²) in [4.78, 5) is 0. The summed E-state index contributed by atoms with van der Waals surface area (Å²) in [5.74, 6) is 0. The van der Waals surface area contributed by atoms with E-state index in [1.807, 2.05) is 18.2 Å². The topological polar surface area (TPSA) is 0 Å². The molecule has 0 saturated heterocycles. The number of quaternary nitrogens is 1. The minimum atomic E-state index is 0.974. The van der Waals surface area contributed by atoms with E-state index < -0.39 is 0 Å². The SMILES string of the molecule is C=CC[N+](CC=C)(CC=C)CCBr. The smallest absolute Gasteiger partial charge is 0.0976 e. The van der Waals surface area contributed by atoms with Gasteiger partial charge in [0.05, 0.1) is 31.5 Å². The van der Waals surface area contributed by atoms with Crippen LogP contribution >= 0.6 is 15.9 Å². The summed E-state index contributed by atoms with van der Waals surface area (Å²) < 4.78 is 0.974. The van der Waals surface area contributed by atoms with Crippen LogP contribution in [-0.4, -0.2) is 36.0 Å². The largest absolute Gasteiger partial charge is 0.313 e. The maximum atomic E-state index is 3.79. The minimum absolute atomic E-state index is 0.974. The molecule has 0 rings (SSSR count).